The summed E-state index contributed by atoms with van der Waals surface area (Å²) in [6, 6.07) is 5.00. The predicted molar refractivity (Wildman–Crippen MR) is 104 cm³/mol. The van der Waals surface area contributed by atoms with E-state index in [1.54, 1.807) is 4.90 Å². The van der Waals surface area contributed by atoms with Crippen LogP contribution in [0.15, 0.2) is 36.7 Å². The van der Waals surface area contributed by atoms with E-state index in [9.17, 15) is 13.6 Å². The Hall–Kier alpha value is -2.71. The van der Waals surface area contributed by atoms with Crippen LogP contribution in [-0.2, 0) is 11.8 Å². The molecular weight excluding hydrogens is 390 g/mol. The van der Waals surface area contributed by atoms with Crippen LogP contribution in [-0.4, -0.2) is 46.7 Å². The molecule has 0 saturated carbocycles. The van der Waals surface area contributed by atoms with Crippen LogP contribution < -0.4 is 5.32 Å². The van der Waals surface area contributed by atoms with E-state index in [0.717, 1.165) is 6.07 Å². The molecule has 3 aromatic rings. The van der Waals surface area contributed by atoms with Gasteiger partial charge in [-0.15, -0.1) is 12.4 Å². The molecule has 1 saturated heterocycles. The summed E-state index contributed by atoms with van der Waals surface area (Å²) in [5.74, 6) is -1.04. The van der Waals surface area contributed by atoms with Crippen LogP contribution in [0.1, 0.15) is 10.4 Å². The largest absolute Gasteiger partial charge is 0.378 e. The Morgan fingerprint density at radius 2 is 1.86 bits per heavy atom. The lowest BCUT2D eigenvalue weighted by molar-refractivity contribution is 0.0303. The van der Waals surface area contributed by atoms with Crippen LogP contribution in [0.2, 0.25) is 0 Å². The Morgan fingerprint density at radius 1 is 1.18 bits per heavy atom. The molecule has 0 aliphatic carbocycles. The van der Waals surface area contributed by atoms with Crippen LogP contribution in [0.25, 0.3) is 10.9 Å². The number of aryl methyl sites for hydroxylation is 1. The molecule has 0 radical (unpaired) electrons. The zero-order valence-corrected chi connectivity index (χ0v) is 15.9. The standard InChI is InChI=1S/C19H18F2N4O2.ClH/c1-24-3-2-15-17(24)16(19(26)25-4-6-27-7-5-25)11-22-18(15)23-14-9-12(20)8-13(21)10-14;/h2-3,8-11H,4-7H2,1H3,(H,22,23);1H. The number of carbonyl (C=O) groups is 1. The molecule has 1 fully saturated rings. The van der Waals surface area contributed by atoms with Crippen molar-refractivity contribution in [1.82, 2.24) is 14.5 Å². The quantitative estimate of drug-likeness (QED) is 0.720. The number of carbonyl (C=O) groups excluding carboxylic acids is 1. The summed E-state index contributed by atoms with van der Waals surface area (Å²) < 4.78 is 34.1. The molecule has 0 atom stereocenters. The maximum atomic E-state index is 13.5. The summed E-state index contributed by atoms with van der Waals surface area (Å²) in [7, 11) is 1.84. The topological polar surface area (TPSA) is 59.4 Å². The van der Waals surface area contributed by atoms with E-state index in [1.807, 2.05) is 23.9 Å². The van der Waals surface area contributed by atoms with E-state index < -0.39 is 11.6 Å². The van der Waals surface area contributed by atoms with Crippen LogP contribution in [0.4, 0.5) is 20.3 Å². The van der Waals surface area contributed by atoms with Gasteiger partial charge in [-0.3, -0.25) is 4.79 Å². The van der Waals surface area contributed by atoms with Gasteiger partial charge in [0.15, 0.2) is 0 Å². The molecule has 4 rings (SSSR count). The van der Waals surface area contributed by atoms with E-state index in [2.05, 4.69) is 10.3 Å². The van der Waals surface area contributed by atoms with Crippen LogP contribution in [0.5, 0.6) is 0 Å². The normalized spacial score (nSPS) is 14.0. The van der Waals surface area contributed by atoms with Gasteiger partial charge in [0.1, 0.15) is 17.5 Å². The van der Waals surface area contributed by atoms with Gasteiger partial charge < -0.3 is 19.5 Å². The number of nitrogens with one attached hydrogen (secondary N) is 1. The lowest BCUT2D eigenvalue weighted by Gasteiger charge is -2.27. The molecule has 0 unspecified atom stereocenters. The molecule has 1 aliphatic heterocycles. The fourth-order valence-electron chi connectivity index (χ4n) is 3.27. The molecule has 9 heteroatoms. The number of morpholine rings is 1. The van der Waals surface area contributed by atoms with E-state index in [1.165, 1.54) is 18.3 Å². The monoisotopic (exact) mass is 408 g/mol. The highest BCUT2D eigenvalue weighted by atomic mass is 35.5. The number of rotatable bonds is 3. The number of hydrogen-bond donors (Lipinski definition) is 1. The Morgan fingerprint density at radius 3 is 2.54 bits per heavy atom. The molecule has 0 spiro atoms. The van der Waals surface area contributed by atoms with Gasteiger partial charge in [-0.25, -0.2) is 13.8 Å². The second kappa shape index (κ2) is 8.12. The molecule has 0 bridgehead atoms. The van der Waals surface area contributed by atoms with Gasteiger partial charge in [0.05, 0.1) is 24.3 Å². The number of fused-ring (bicyclic) bond motifs is 1. The van der Waals surface area contributed by atoms with Crippen molar-refractivity contribution >= 4 is 40.7 Å². The Balaban J connectivity index is 0.00000225. The first-order valence-corrected chi connectivity index (χ1v) is 8.57. The van der Waals surface area contributed by atoms with Gasteiger partial charge in [0.25, 0.3) is 5.91 Å². The first-order chi connectivity index (χ1) is 13.0. The number of amides is 1. The van der Waals surface area contributed by atoms with Crippen LogP contribution in [0, 0.1) is 11.6 Å². The van der Waals surface area contributed by atoms with Gasteiger partial charge >= 0.3 is 0 Å². The smallest absolute Gasteiger partial charge is 0.257 e. The summed E-state index contributed by atoms with van der Waals surface area (Å²) in [6.07, 6.45) is 3.32. The van der Waals surface area contributed by atoms with Gasteiger partial charge in [-0.05, 0) is 18.2 Å². The third-order valence-electron chi connectivity index (χ3n) is 4.56. The maximum absolute atomic E-state index is 13.5. The Kier molecular flexibility index (Phi) is 5.81. The number of halogens is 3. The minimum atomic E-state index is -0.680. The minimum Gasteiger partial charge on any atom is -0.378 e. The zero-order valence-electron chi connectivity index (χ0n) is 15.1. The van der Waals surface area contributed by atoms with Gasteiger partial charge in [-0.2, -0.15) is 0 Å². The number of anilines is 2. The number of ether oxygens (including phenoxy) is 1. The Labute approximate surface area is 166 Å². The number of nitrogens with zero attached hydrogens (tertiary/aromatic N) is 3. The van der Waals surface area contributed by atoms with E-state index in [0.29, 0.717) is 48.6 Å². The van der Waals surface area contributed by atoms with Gasteiger partial charge in [0, 0.05) is 49.7 Å². The van der Waals surface area contributed by atoms with E-state index in [4.69, 9.17) is 4.74 Å². The van der Waals surface area contributed by atoms with Crippen molar-refractivity contribution in [2.24, 2.45) is 7.05 Å². The van der Waals surface area contributed by atoms with Crippen molar-refractivity contribution in [3.8, 4) is 0 Å². The molecule has 28 heavy (non-hydrogen) atoms. The van der Waals surface area contributed by atoms with E-state index >= 15 is 0 Å². The third kappa shape index (κ3) is 3.79. The number of pyridine rings is 1. The molecular formula is C19H19ClF2N4O2. The van der Waals surface area contributed by atoms with E-state index in [-0.39, 0.29) is 24.0 Å². The van der Waals surface area contributed by atoms with Crippen LogP contribution >= 0.6 is 12.4 Å². The molecule has 1 amide bonds. The molecule has 1 aromatic carbocycles. The molecule has 6 nitrogen and oxygen atoms in total. The van der Waals surface area contributed by atoms with Gasteiger partial charge in [0.2, 0.25) is 0 Å². The zero-order chi connectivity index (χ0) is 19.0. The van der Waals surface area contributed by atoms with Crippen molar-refractivity contribution in [3.05, 3.63) is 53.9 Å². The highest BCUT2D eigenvalue weighted by Gasteiger charge is 2.23. The van der Waals surface area contributed by atoms with Crippen molar-refractivity contribution in [3.63, 3.8) is 0 Å². The number of hydrogen-bond acceptors (Lipinski definition) is 4. The third-order valence-corrected chi connectivity index (χ3v) is 4.56. The lowest BCUT2D eigenvalue weighted by atomic mass is 10.1. The summed E-state index contributed by atoms with van der Waals surface area (Å²) in [6.45, 7) is 2.10. The summed E-state index contributed by atoms with van der Waals surface area (Å²) in [5, 5.41) is 3.63. The summed E-state index contributed by atoms with van der Waals surface area (Å²) >= 11 is 0. The first-order valence-electron chi connectivity index (χ1n) is 8.57. The fraction of sp³-hybridized carbons (Fsp3) is 0.263. The second-order valence-electron chi connectivity index (χ2n) is 6.40. The SMILES string of the molecule is Cl.Cn1ccc2c(Nc3cc(F)cc(F)c3)ncc(C(=O)N3CCOCC3)c21. The van der Waals surface area contributed by atoms with Gasteiger partial charge in [-0.1, -0.05) is 0 Å². The average molecular weight is 409 g/mol. The molecule has 1 aliphatic rings. The van der Waals surface area contributed by atoms with Crippen molar-refractivity contribution < 1.29 is 18.3 Å². The Bertz CT molecular complexity index is 998. The summed E-state index contributed by atoms with van der Waals surface area (Å²) in [5.41, 5.74) is 1.44. The predicted octanol–water partition coefficient (Wildman–Crippen LogP) is 3.49. The lowest BCUT2D eigenvalue weighted by Crippen LogP contribution is -2.40. The molecule has 2 aromatic heterocycles. The van der Waals surface area contributed by atoms with Crippen LogP contribution in [0.3, 0.4) is 0 Å². The molecule has 3 heterocycles. The fourth-order valence-corrected chi connectivity index (χ4v) is 3.27. The average Bonchev–Trinajstić information content (AvgIpc) is 3.04. The minimum absolute atomic E-state index is 0. The number of benzene rings is 1. The molecule has 1 N–H and O–H groups in total. The highest BCUT2D eigenvalue weighted by Crippen LogP contribution is 2.29. The second-order valence-corrected chi connectivity index (χ2v) is 6.40. The molecule has 148 valence electrons. The summed E-state index contributed by atoms with van der Waals surface area (Å²) in [4.78, 5) is 19.0. The first kappa shape index (κ1) is 20.0. The van der Waals surface area contributed by atoms with Crippen molar-refractivity contribution in [1.29, 1.82) is 0 Å². The highest BCUT2D eigenvalue weighted by molar-refractivity contribution is 6.08. The van der Waals surface area contributed by atoms with Crippen molar-refractivity contribution in [2.45, 2.75) is 0 Å². The number of aromatic nitrogens is 2. The maximum Gasteiger partial charge on any atom is 0.257 e. The van der Waals surface area contributed by atoms with Crippen molar-refractivity contribution in [2.75, 3.05) is 31.6 Å².